The van der Waals surface area contributed by atoms with E-state index in [4.69, 9.17) is 5.73 Å². The minimum Gasteiger partial charge on any atom is -0.329 e. The summed E-state index contributed by atoms with van der Waals surface area (Å²) < 4.78 is 23.0. The predicted molar refractivity (Wildman–Crippen MR) is 71.8 cm³/mol. The van der Waals surface area contributed by atoms with Crippen molar-refractivity contribution in [1.82, 2.24) is 4.90 Å². The van der Waals surface area contributed by atoms with Crippen molar-refractivity contribution < 1.29 is 8.42 Å². The first kappa shape index (κ1) is 14.9. The molecule has 0 aliphatic carbocycles. The fraction of sp³-hybridized carbons (Fsp3) is 1.00. The van der Waals surface area contributed by atoms with Crippen molar-refractivity contribution in [3.05, 3.63) is 0 Å². The fourth-order valence-electron chi connectivity index (χ4n) is 2.35. The average Bonchev–Trinajstić information content (AvgIpc) is 2.26. The monoisotopic (exact) mass is 262 g/mol. The van der Waals surface area contributed by atoms with E-state index in [0.29, 0.717) is 25.3 Å². The zero-order chi connectivity index (χ0) is 13.1. The fourth-order valence-corrected chi connectivity index (χ4v) is 3.93. The van der Waals surface area contributed by atoms with E-state index in [1.54, 1.807) is 0 Å². The normalized spacial score (nSPS) is 23.2. The third kappa shape index (κ3) is 3.93. The van der Waals surface area contributed by atoms with Crippen LogP contribution in [0.5, 0.6) is 0 Å². The maximum absolute atomic E-state index is 11.5. The van der Waals surface area contributed by atoms with Gasteiger partial charge in [0.1, 0.15) is 9.84 Å². The van der Waals surface area contributed by atoms with Crippen LogP contribution >= 0.6 is 0 Å². The van der Waals surface area contributed by atoms with E-state index in [0.717, 1.165) is 13.0 Å². The smallest absolute Gasteiger partial charge is 0.150 e. The van der Waals surface area contributed by atoms with Crippen molar-refractivity contribution in [2.75, 3.05) is 31.6 Å². The lowest BCUT2D eigenvalue weighted by molar-refractivity contribution is 0.107. The second kappa shape index (κ2) is 5.67. The molecule has 1 rings (SSSR count). The van der Waals surface area contributed by atoms with Crippen molar-refractivity contribution >= 4 is 9.84 Å². The summed E-state index contributed by atoms with van der Waals surface area (Å²) in [5.74, 6) is 1.24. The van der Waals surface area contributed by atoms with Crippen LogP contribution in [-0.4, -0.2) is 50.5 Å². The van der Waals surface area contributed by atoms with E-state index in [1.165, 1.54) is 0 Å². The van der Waals surface area contributed by atoms with Gasteiger partial charge in [-0.25, -0.2) is 8.42 Å². The highest BCUT2D eigenvalue weighted by Crippen LogP contribution is 2.28. The van der Waals surface area contributed by atoms with Crippen LogP contribution in [0.4, 0.5) is 0 Å². The first-order chi connectivity index (χ1) is 7.81. The Morgan fingerprint density at radius 2 is 1.82 bits per heavy atom. The first-order valence-electron chi connectivity index (χ1n) is 6.43. The molecule has 1 saturated heterocycles. The maximum Gasteiger partial charge on any atom is 0.150 e. The van der Waals surface area contributed by atoms with Crippen molar-refractivity contribution in [2.24, 2.45) is 11.7 Å². The highest BCUT2D eigenvalue weighted by atomic mass is 32.2. The molecule has 0 spiro atoms. The molecule has 1 aliphatic heterocycles. The van der Waals surface area contributed by atoms with Gasteiger partial charge in [-0.3, -0.25) is 4.90 Å². The number of hydrogen-bond donors (Lipinski definition) is 1. The molecule has 17 heavy (non-hydrogen) atoms. The van der Waals surface area contributed by atoms with Crippen LogP contribution in [0.1, 0.15) is 33.1 Å². The van der Waals surface area contributed by atoms with Crippen LogP contribution in [0, 0.1) is 5.92 Å². The van der Waals surface area contributed by atoms with Crippen LogP contribution in [0.15, 0.2) is 0 Å². The standard InChI is InChI=1S/C12H26N2O2S/c1-11(2)4-7-14(3)12(10-13)5-8-17(15,16)9-6-12/h11H,4-10,13H2,1-3H3. The average molecular weight is 262 g/mol. The zero-order valence-corrected chi connectivity index (χ0v) is 12.1. The predicted octanol–water partition coefficient (Wildman–Crippen LogP) is 0.870. The molecule has 1 heterocycles. The quantitative estimate of drug-likeness (QED) is 0.798. The second-order valence-corrected chi connectivity index (χ2v) is 7.99. The molecule has 0 bridgehead atoms. The molecule has 0 atom stereocenters. The summed E-state index contributed by atoms with van der Waals surface area (Å²) >= 11 is 0. The number of rotatable bonds is 5. The molecular formula is C12H26N2O2S. The minimum absolute atomic E-state index is 0.0970. The lowest BCUT2D eigenvalue weighted by atomic mass is 9.90. The summed E-state index contributed by atoms with van der Waals surface area (Å²) in [5, 5.41) is 0. The van der Waals surface area contributed by atoms with E-state index in [9.17, 15) is 8.42 Å². The number of nitrogens with two attached hydrogens (primary N) is 1. The molecule has 1 fully saturated rings. The summed E-state index contributed by atoms with van der Waals surface area (Å²) in [6.07, 6.45) is 2.49. The summed E-state index contributed by atoms with van der Waals surface area (Å²) in [5.41, 5.74) is 5.80. The molecule has 0 aromatic carbocycles. The van der Waals surface area contributed by atoms with Crippen molar-refractivity contribution in [1.29, 1.82) is 0 Å². The molecule has 2 N–H and O–H groups in total. The molecule has 4 nitrogen and oxygen atoms in total. The largest absolute Gasteiger partial charge is 0.329 e. The van der Waals surface area contributed by atoms with Gasteiger partial charge in [0.05, 0.1) is 11.5 Å². The number of nitrogens with zero attached hydrogens (tertiary/aromatic N) is 1. The van der Waals surface area contributed by atoms with Crippen LogP contribution in [0.2, 0.25) is 0 Å². The highest BCUT2D eigenvalue weighted by molar-refractivity contribution is 7.91. The Balaban J connectivity index is 2.63. The lowest BCUT2D eigenvalue weighted by Gasteiger charge is -2.44. The van der Waals surface area contributed by atoms with E-state index in [2.05, 4.69) is 25.8 Å². The molecule has 0 unspecified atom stereocenters. The summed E-state index contributed by atoms with van der Waals surface area (Å²) in [6.45, 7) is 5.95. The van der Waals surface area contributed by atoms with E-state index in [1.807, 2.05) is 0 Å². The van der Waals surface area contributed by atoms with Crippen molar-refractivity contribution in [3.8, 4) is 0 Å². The third-order valence-electron chi connectivity index (χ3n) is 3.99. The lowest BCUT2D eigenvalue weighted by Crippen LogP contribution is -2.56. The number of likely N-dealkylation sites (N-methyl/N-ethyl adjacent to an activating group) is 1. The van der Waals surface area contributed by atoms with Gasteiger partial charge in [-0.2, -0.15) is 0 Å². The molecule has 1 aliphatic rings. The molecule has 0 aromatic heterocycles. The first-order valence-corrected chi connectivity index (χ1v) is 8.25. The van der Waals surface area contributed by atoms with Crippen LogP contribution in [0.3, 0.4) is 0 Å². The number of sulfone groups is 1. The van der Waals surface area contributed by atoms with Gasteiger partial charge >= 0.3 is 0 Å². The van der Waals surface area contributed by atoms with Gasteiger partial charge in [-0.1, -0.05) is 13.8 Å². The van der Waals surface area contributed by atoms with Gasteiger partial charge in [0.25, 0.3) is 0 Å². The van der Waals surface area contributed by atoms with E-state index < -0.39 is 9.84 Å². The molecule has 0 radical (unpaired) electrons. The van der Waals surface area contributed by atoms with Gasteiger partial charge in [-0.15, -0.1) is 0 Å². The Morgan fingerprint density at radius 1 is 1.29 bits per heavy atom. The van der Waals surface area contributed by atoms with Crippen molar-refractivity contribution in [2.45, 2.75) is 38.6 Å². The highest BCUT2D eigenvalue weighted by Gasteiger charge is 2.39. The third-order valence-corrected chi connectivity index (χ3v) is 5.64. The molecular weight excluding hydrogens is 236 g/mol. The Kier molecular flexibility index (Phi) is 4.98. The topological polar surface area (TPSA) is 63.4 Å². The molecule has 0 saturated carbocycles. The SMILES string of the molecule is CC(C)CCN(C)C1(CN)CCS(=O)(=O)CC1. The minimum atomic E-state index is -2.81. The summed E-state index contributed by atoms with van der Waals surface area (Å²) in [7, 11) is -0.734. The van der Waals surface area contributed by atoms with Crippen LogP contribution in [-0.2, 0) is 9.84 Å². The number of hydrogen-bond acceptors (Lipinski definition) is 4. The molecule has 5 heteroatoms. The Bertz CT molecular complexity index is 324. The van der Waals surface area contributed by atoms with E-state index >= 15 is 0 Å². The zero-order valence-electron chi connectivity index (χ0n) is 11.3. The molecule has 0 amide bonds. The van der Waals surface area contributed by atoms with Gasteiger partial charge < -0.3 is 5.73 Å². The maximum atomic E-state index is 11.5. The van der Waals surface area contributed by atoms with Crippen molar-refractivity contribution in [3.63, 3.8) is 0 Å². The Hall–Kier alpha value is -0.130. The second-order valence-electron chi connectivity index (χ2n) is 5.68. The van der Waals surface area contributed by atoms with Gasteiger partial charge in [-0.05, 0) is 38.8 Å². The van der Waals surface area contributed by atoms with Gasteiger partial charge in [0.2, 0.25) is 0 Å². The summed E-state index contributed by atoms with van der Waals surface area (Å²) in [4.78, 5) is 2.28. The van der Waals surface area contributed by atoms with E-state index in [-0.39, 0.29) is 17.0 Å². The van der Waals surface area contributed by atoms with Crippen LogP contribution in [0.25, 0.3) is 0 Å². The van der Waals surface area contributed by atoms with Gasteiger partial charge in [0, 0.05) is 12.1 Å². The van der Waals surface area contributed by atoms with Gasteiger partial charge in [0.15, 0.2) is 0 Å². The Morgan fingerprint density at radius 3 is 2.24 bits per heavy atom. The summed E-state index contributed by atoms with van der Waals surface area (Å²) in [6, 6.07) is 0. The van der Waals surface area contributed by atoms with Crippen LogP contribution < -0.4 is 5.73 Å². The molecule has 102 valence electrons. The molecule has 0 aromatic rings. The Labute approximate surface area is 105 Å².